The zero-order valence-electron chi connectivity index (χ0n) is 8.84. The summed E-state index contributed by atoms with van der Waals surface area (Å²) in [5.74, 6) is 0. The number of rotatable bonds is 4. The van der Waals surface area contributed by atoms with Crippen molar-refractivity contribution in [3.8, 4) is 0 Å². The molecule has 0 spiro atoms. The Labute approximate surface area is 102 Å². The van der Waals surface area contributed by atoms with Gasteiger partial charge in [0, 0.05) is 23.1 Å². The van der Waals surface area contributed by atoms with E-state index in [0.29, 0.717) is 12.2 Å². The summed E-state index contributed by atoms with van der Waals surface area (Å²) in [6.07, 6.45) is 2.22. The fourth-order valence-corrected chi connectivity index (χ4v) is 2.38. The molecule has 18 heavy (non-hydrogen) atoms. The first-order valence-corrected chi connectivity index (χ1v) is 5.93. The predicted octanol–water partition coefficient (Wildman–Crippen LogP) is -0.123. The maximum atomic E-state index is 11.3. The molecule has 98 valence electrons. The summed E-state index contributed by atoms with van der Waals surface area (Å²) in [7, 11) is -1.94. The highest BCUT2D eigenvalue weighted by atomic mass is 32.2. The molecule has 11 heteroatoms. The molecule has 0 aromatic carbocycles. The van der Waals surface area contributed by atoms with Crippen LogP contribution in [0.15, 0.2) is 23.5 Å². The fourth-order valence-electron chi connectivity index (χ4n) is 1.39. The minimum absolute atomic E-state index is 0.582. The lowest BCUT2D eigenvalue weighted by molar-refractivity contribution is -0.476. The van der Waals surface area contributed by atoms with Crippen LogP contribution in [0.3, 0.4) is 0 Å². The van der Waals surface area contributed by atoms with Crippen LogP contribution in [0.25, 0.3) is 0 Å². The average Bonchev–Trinajstić information content (AvgIpc) is 2.26. The van der Waals surface area contributed by atoms with Crippen LogP contribution in [0.4, 0.5) is 0 Å². The van der Waals surface area contributed by atoms with E-state index in [1.165, 1.54) is 0 Å². The molecule has 1 aliphatic carbocycles. The van der Waals surface area contributed by atoms with Crippen LogP contribution >= 0.6 is 0 Å². The van der Waals surface area contributed by atoms with Crippen molar-refractivity contribution in [2.45, 2.75) is 5.25 Å². The van der Waals surface area contributed by atoms with Gasteiger partial charge in [-0.3, -0.25) is 34.6 Å². The van der Waals surface area contributed by atoms with Crippen molar-refractivity contribution in [2.75, 3.05) is 6.26 Å². The third-order valence-electron chi connectivity index (χ3n) is 2.09. The molecule has 1 rings (SSSR count). The zero-order valence-corrected chi connectivity index (χ0v) is 9.66. The molecule has 2 unspecified atom stereocenters. The summed E-state index contributed by atoms with van der Waals surface area (Å²) in [6.45, 7) is 0. The van der Waals surface area contributed by atoms with Crippen molar-refractivity contribution in [3.05, 3.63) is 59.9 Å². The van der Waals surface area contributed by atoms with Gasteiger partial charge in [0.1, 0.15) is 17.0 Å². The Hall–Kier alpha value is -2.30. The molecule has 0 aromatic rings. The third-order valence-corrected chi connectivity index (χ3v) is 3.24. The van der Waals surface area contributed by atoms with Gasteiger partial charge in [-0.1, -0.05) is 6.08 Å². The summed E-state index contributed by atoms with van der Waals surface area (Å²) in [4.78, 5) is 29.0. The van der Waals surface area contributed by atoms with Gasteiger partial charge in [0.05, 0.1) is 4.92 Å². The van der Waals surface area contributed by atoms with Crippen molar-refractivity contribution >= 4 is 10.8 Å². The Morgan fingerprint density at radius 3 is 2.11 bits per heavy atom. The SMILES string of the molecule is CS(=O)C1C([N+](=O)[O-])=CC([N+](=O)[O-])=C[C-]1[N+](=O)[O-]. The summed E-state index contributed by atoms with van der Waals surface area (Å²) in [5.41, 5.74) is -1.60. The van der Waals surface area contributed by atoms with E-state index in [1.54, 1.807) is 0 Å². The lowest BCUT2D eigenvalue weighted by Gasteiger charge is -2.23. The van der Waals surface area contributed by atoms with E-state index in [0.717, 1.165) is 6.26 Å². The van der Waals surface area contributed by atoms with E-state index >= 15 is 0 Å². The number of nitro groups is 3. The molecular formula is C7H6N3O7S-. The van der Waals surface area contributed by atoms with E-state index in [-0.39, 0.29) is 0 Å². The molecule has 0 bridgehead atoms. The van der Waals surface area contributed by atoms with Crippen LogP contribution in [0.5, 0.6) is 0 Å². The van der Waals surface area contributed by atoms with Gasteiger partial charge in [0.15, 0.2) is 0 Å². The molecular weight excluding hydrogens is 270 g/mol. The van der Waals surface area contributed by atoms with E-state index in [4.69, 9.17) is 0 Å². The molecule has 1 aliphatic rings. The predicted molar refractivity (Wildman–Crippen MR) is 58.2 cm³/mol. The Bertz CT molecular complexity index is 511. The van der Waals surface area contributed by atoms with Crippen LogP contribution in [-0.2, 0) is 10.8 Å². The maximum Gasteiger partial charge on any atom is 0.244 e. The fraction of sp³-hybridized carbons (Fsp3) is 0.286. The first kappa shape index (κ1) is 13.8. The van der Waals surface area contributed by atoms with Gasteiger partial charge < -0.3 is 0 Å². The van der Waals surface area contributed by atoms with E-state index in [1.807, 2.05) is 0 Å². The molecule has 0 amide bonds. The second-order valence-corrected chi connectivity index (χ2v) is 4.68. The maximum absolute atomic E-state index is 11.3. The molecule has 0 radical (unpaired) electrons. The van der Waals surface area contributed by atoms with Gasteiger partial charge in [-0.25, -0.2) is 0 Å². The highest BCUT2D eigenvalue weighted by Gasteiger charge is 2.40. The molecule has 0 saturated heterocycles. The lowest BCUT2D eigenvalue weighted by Crippen LogP contribution is -2.35. The lowest BCUT2D eigenvalue weighted by atomic mass is 10.0. The molecule has 0 heterocycles. The number of hydrogen-bond acceptors (Lipinski definition) is 7. The molecule has 0 aliphatic heterocycles. The molecule has 2 atom stereocenters. The van der Waals surface area contributed by atoms with Crippen LogP contribution in [0.2, 0.25) is 0 Å². The van der Waals surface area contributed by atoms with Gasteiger partial charge in [0.25, 0.3) is 0 Å². The van der Waals surface area contributed by atoms with E-state index in [2.05, 4.69) is 0 Å². The second-order valence-electron chi connectivity index (χ2n) is 3.21. The highest BCUT2D eigenvalue weighted by Crippen LogP contribution is 2.29. The first-order valence-electron chi connectivity index (χ1n) is 4.31. The number of nitrogens with zero attached hydrogens (tertiary/aromatic N) is 3. The summed E-state index contributed by atoms with van der Waals surface area (Å²) >= 11 is 0. The monoisotopic (exact) mass is 276 g/mol. The van der Waals surface area contributed by atoms with Crippen molar-refractivity contribution in [3.63, 3.8) is 0 Å². The minimum atomic E-state index is -1.94. The standard InChI is InChI=1S/C7H6N3O7S/c1-18(17)7-5(9(13)14)2-4(8(11)12)3-6(7)10(15)16/h2-3,7H,1H3/q-1. The molecule has 0 aromatic heterocycles. The summed E-state index contributed by atoms with van der Waals surface area (Å²) < 4.78 is 11.3. The van der Waals surface area contributed by atoms with Gasteiger partial charge in [-0.05, 0) is 9.85 Å². The van der Waals surface area contributed by atoms with Crippen molar-refractivity contribution in [2.24, 2.45) is 0 Å². The number of allylic oxidation sites excluding steroid dienone is 1. The quantitative estimate of drug-likeness (QED) is 0.394. The van der Waals surface area contributed by atoms with Crippen LogP contribution < -0.4 is 0 Å². The van der Waals surface area contributed by atoms with Crippen molar-refractivity contribution in [1.29, 1.82) is 0 Å². The van der Waals surface area contributed by atoms with Crippen LogP contribution in [0.1, 0.15) is 0 Å². The molecule has 0 saturated carbocycles. The Kier molecular flexibility index (Phi) is 3.76. The van der Waals surface area contributed by atoms with Gasteiger partial charge in [-0.15, -0.1) is 0 Å². The van der Waals surface area contributed by atoms with E-state index < -0.39 is 48.3 Å². The van der Waals surface area contributed by atoms with Gasteiger partial charge in [0.2, 0.25) is 5.70 Å². The van der Waals surface area contributed by atoms with Gasteiger partial charge >= 0.3 is 0 Å². The normalized spacial score (nSPS) is 20.7. The second kappa shape index (κ2) is 4.91. The van der Waals surface area contributed by atoms with Crippen LogP contribution in [0, 0.1) is 36.4 Å². The average molecular weight is 276 g/mol. The Balaban J connectivity index is 3.39. The molecule has 0 fully saturated rings. The summed E-state index contributed by atoms with van der Waals surface area (Å²) in [6, 6.07) is -0.822. The minimum Gasteiger partial charge on any atom is -0.277 e. The van der Waals surface area contributed by atoms with Gasteiger partial charge in [-0.2, -0.15) is 0 Å². The Morgan fingerprint density at radius 1 is 1.22 bits per heavy atom. The molecule has 0 N–H and O–H groups in total. The first-order chi connectivity index (χ1) is 8.25. The van der Waals surface area contributed by atoms with Crippen molar-refractivity contribution in [1.82, 2.24) is 0 Å². The number of hydrogen-bond donors (Lipinski definition) is 0. The third kappa shape index (κ3) is 2.51. The van der Waals surface area contributed by atoms with Crippen molar-refractivity contribution < 1.29 is 19.0 Å². The zero-order chi connectivity index (χ0) is 14.0. The van der Waals surface area contributed by atoms with Crippen LogP contribution in [-0.4, -0.2) is 30.5 Å². The molecule has 10 nitrogen and oxygen atoms in total. The van der Waals surface area contributed by atoms with E-state index in [9.17, 15) is 34.6 Å². The highest BCUT2D eigenvalue weighted by molar-refractivity contribution is 7.85. The summed E-state index contributed by atoms with van der Waals surface area (Å²) in [5, 5.41) is 30.4. The largest absolute Gasteiger partial charge is 0.277 e. The Morgan fingerprint density at radius 2 is 1.78 bits per heavy atom. The topological polar surface area (TPSA) is 146 Å². The smallest absolute Gasteiger partial charge is 0.244 e.